The first-order valence-corrected chi connectivity index (χ1v) is 7.28. The van der Waals surface area contributed by atoms with E-state index in [1.165, 1.54) is 4.90 Å². The Morgan fingerprint density at radius 1 is 1.09 bits per heavy atom. The number of hydrogen-bond donors (Lipinski definition) is 1. The maximum absolute atomic E-state index is 12.8. The van der Waals surface area contributed by atoms with E-state index in [2.05, 4.69) is 5.32 Å². The third-order valence-electron chi connectivity index (χ3n) is 3.99. The van der Waals surface area contributed by atoms with Gasteiger partial charge in [-0.3, -0.25) is 14.5 Å². The van der Waals surface area contributed by atoms with Gasteiger partial charge in [0.25, 0.3) is 11.8 Å². The van der Waals surface area contributed by atoms with Gasteiger partial charge in [-0.25, -0.2) is 0 Å². The van der Waals surface area contributed by atoms with E-state index in [-0.39, 0.29) is 11.8 Å². The molecule has 1 N–H and O–H groups in total. The predicted molar refractivity (Wildman–Crippen MR) is 87.4 cm³/mol. The van der Waals surface area contributed by atoms with E-state index in [1.54, 1.807) is 6.07 Å². The minimum absolute atomic E-state index is 0.206. The van der Waals surface area contributed by atoms with E-state index in [1.807, 2.05) is 50.3 Å². The van der Waals surface area contributed by atoms with E-state index in [4.69, 9.17) is 0 Å². The molecular formula is C17H19N3O2. The van der Waals surface area contributed by atoms with Crippen LogP contribution in [0.2, 0.25) is 0 Å². The van der Waals surface area contributed by atoms with Crippen molar-refractivity contribution in [2.45, 2.75) is 0 Å². The molecule has 0 saturated carbocycles. The first-order valence-electron chi connectivity index (χ1n) is 7.28. The zero-order valence-electron chi connectivity index (χ0n) is 13.0. The summed E-state index contributed by atoms with van der Waals surface area (Å²) in [7, 11) is 5.67. The van der Waals surface area contributed by atoms with E-state index in [9.17, 15) is 9.59 Å². The van der Waals surface area contributed by atoms with Crippen molar-refractivity contribution in [1.82, 2.24) is 9.80 Å². The topological polar surface area (TPSA) is 52.7 Å². The summed E-state index contributed by atoms with van der Waals surface area (Å²) in [6.45, 7) is 1.04. The van der Waals surface area contributed by atoms with E-state index in [0.717, 1.165) is 16.5 Å². The monoisotopic (exact) mass is 297 g/mol. The van der Waals surface area contributed by atoms with Gasteiger partial charge in [-0.05, 0) is 37.7 Å². The maximum atomic E-state index is 12.8. The lowest BCUT2D eigenvalue weighted by molar-refractivity contribution is 0.0601. The Labute approximate surface area is 129 Å². The van der Waals surface area contributed by atoms with Crippen molar-refractivity contribution >= 4 is 28.3 Å². The Kier molecular flexibility index (Phi) is 3.58. The number of benzene rings is 2. The van der Waals surface area contributed by atoms with Gasteiger partial charge in [-0.1, -0.05) is 12.1 Å². The fourth-order valence-corrected chi connectivity index (χ4v) is 2.81. The number of amides is 2. The van der Waals surface area contributed by atoms with Gasteiger partial charge < -0.3 is 10.2 Å². The summed E-state index contributed by atoms with van der Waals surface area (Å²) in [5.41, 5.74) is 2.07. The second-order valence-corrected chi connectivity index (χ2v) is 5.74. The molecule has 3 rings (SSSR count). The normalized spacial score (nSPS) is 14.1. The molecule has 0 bridgehead atoms. The summed E-state index contributed by atoms with van der Waals surface area (Å²) in [6.07, 6.45) is 0. The van der Waals surface area contributed by atoms with Gasteiger partial charge in [0, 0.05) is 36.8 Å². The van der Waals surface area contributed by atoms with Crippen molar-refractivity contribution in [3.63, 3.8) is 0 Å². The summed E-state index contributed by atoms with van der Waals surface area (Å²) >= 11 is 0. The molecule has 1 aliphatic rings. The zero-order chi connectivity index (χ0) is 15.9. The van der Waals surface area contributed by atoms with Gasteiger partial charge >= 0.3 is 0 Å². The van der Waals surface area contributed by atoms with E-state index >= 15 is 0 Å². The SMILES string of the molecule is CNc1cc2c3c(cccc3c1)C(=O)N(CCN(C)C)C2=O. The molecule has 2 amide bonds. The third-order valence-corrected chi connectivity index (χ3v) is 3.99. The number of carbonyl (C=O) groups excluding carboxylic acids is 2. The van der Waals surface area contributed by atoms with Crippen molar-refractivity contribution in [2.24, 2.45) is 0 Å². The lowest BCUT2D eigenvalue weighted by atomic mass is 9.93. The van der Waals surface area contributed by atoms with Gasteiger partial charge in [-0.15, -0.1) is 0 Å². The second-order valence-electron chi connectivity index (χ2n) is 5.74. The summed E-state index contributed by atoms with van der Waals surface area (Å²) < 4.78 is 0. The van der Waals surface area contributed by atoms with Crippen LogP contribution < -0.4 is 5.32 Å². The highest BCUT2D eigenvalue weighted by Gasteiger charge is 2.32. The molecular weight excluding hydrogens is 278 g/mol. The van der Waals surface area contributed by atoms with Crippen LogP contribution in [0, 0.1) is 0 Å². The first-order chi connectivity index (χ1) is 10.5. The van der Waals surface area contributed by atoms with Crippen molar-refractivity contribution < 1.29 is 9.59 Å². The Morgan fingerprint density at radius 2 is 1.82 bits per heavy atom. The summed E-state index contributed by atoms with van der Waals surface area (Å²) in [5.74, 6) is -0.421. The minimum atomic E-state index is -0.215. The number of nitrogens with one attached hydrogen (secondary N) is 1. The molecule has 5 heteroatoms. The van der Waals surface area contributed by atoms with Gasteiger partial charge in [0.1, 0.15) is 0 Å². The molecule has 22 heavy (non-hydrogen) atoms. The highest BCUT2D eigenvalue weighted by molar-refractivity contribution is 6.25. The lowest BCUT2D eigenvalue weighted by Crippen LogP contribution is -2.43. The third kappa shape index (κ3) is 2.23. The van der Waals surface area contributed by atoms with Gasteiger partial charge in [0.15, 0.2) is 0 Å². The van der Waals surface area contributed by atoms with Crippen molar-refractivity contribution in [1.29, 1.82) is 0 Å². The molecule has 1 aliphatic heterocycles. The van der Waals surface area contributed by atoms with E-state index in [0.29, 0.717) is 24.2 Å². The first kappa shape index (κ1) is 14.5. The number of hydrogen-bond acceptors (Lipinski definition) is 4. The number of likely N-dealkylation sites (N-methyl/N-ethyl adjacent to an activating group) is 1. The molecule has 0 unspecified atom stereocenters. The van der Waals surface area contributed by atoms with Crippen LogP contribution in [0.1, 0.15) is 20.7 Å². The molecule has 0 aromatic heterocycles. The second kappa shape index (κ2) is 5.42. The minimum Gasteiger partial charge on any atom is -0.388 e. The zero-order valence-corrected chi connectivity index (χ0v) is 13.0. The van der Waals surface area contributed by atoms with Crippen molar-refractivity contribution in [3.05, 3.63) is 41.5 Å². The number of nitrogens with zero attached hydrogens (tertiary/aromatic N) is 2. The molecule has 1 heterocycles. The Morgan fingerprint density at radius 3 is 2.50 bits per heavy atom. The van der Waals surface area contributed by atoms with Crippen LogP contribution in [0.25, 0.3) is 10.8 Å². The summed E-state index contributed by atoms with van der Waals surface area (Å²) in [4.78, 5) is 28.7. The van der Waals surface area contributed by atoms with E-state index < -0.39 is 0 Å². The standard InChI is InChI=1S/C17H19N3O2/c1-18-12-9-11-5-4-6-13-15(11)14(10-12)17(22)20(16(13)21)8-7-19(2)3/h4-6,9-10,18H,7-8H2,1-3H3. The highest BCUT2D eigenvalue weighted by atomic mass is 16.2. The average molecular weight is 297 g/mol. The van der Waals surface area contributed by atoms with Crippen LogP contribution in [0.15, 0.2) is 30.3 Å². The lowest BCUT2D eigenvalue weighted by Gasteiger charge is -2.28. The fourth-order valence-electron chi connectivity index (χ4n) is 2.81. The van der Waals surface area contributed by atoms with Crippen LogP contribution in [-0.2, 0) is 0 Å². The molecule has 5 nitrogen and oxygen atoms in total. The van der Waals surface area contributed by atoms with Gasteiger partial charge in [0.05, 0.1) is 5.56 Å². The van der Waals surface area contributed by atoms with Gasteiger partial charge in [0.2, 0.25) is 0 Å². The van der Waals surface area contributed by atoms with Crippen molar-refractivity contribution in [2.75, 3.05) is 39.5 Å². The van der Waals surface area contributed by atoms with Gasteiger partial charge in [-0.2, -0.15) is 0 Å². The molecule has 0 radical (unpaired) electrons. The quantitative estimate of drug-likeness (QED) is 0.878. The Hall–Kier alpha value is -2.40. The molecule has 2 aromatic rings. The van der Waals surface area contributed by atoms with Crippen molar-refractivity contribution in [3.8, 4) is 0 Å². The molecule has 114 valence electrons. The molecule has 2 aromatic carbocycles. The molecule has 0 fully saturated rings. The number of anilines is 1. The number of carbonyl (C=O) groups is 2. The Bertz CT molecular complexity index is 768. The number of rotatable bonds is 4. The molecule has 0 saturated heterocycles. The van der Waals surface area contributed by atoms with Crippen LogP contribution in [0.4, 0.5) is 5.69 Å². The highest BCUT2D eigenvalue weighted by Crippen LogP contribution is 2.32. The summed E-state index contributed by atoms with van der Waals surface area (Å²) in [5, 5.41) is 4.74. The maximum Gasteiger partial charge on any atom is 0.261 e. The smallest absolute Gasteiger partial charge is 0.261 e. The van der Waals surface area contributed by atoms with Crippen LogP contribution in [0.5, 0.6) is 0 Å². The summed E-state index contributed by atoms with van der Waals surface area (Å²) in [6, 6.07) is 9.36. The predicted octanol–water partition coefficient (Wildman–Crippen LogP) is 2.04. The van der Waals surface area contributed by atoms with Crippen LogP contribution >= 0.6 is 0 Å². The molecule has 0 atom stereocenters. The fraction of sp³-hybridized carbons (Fsp3) is 0.294. The largest absolute Gasteiger partial charge is 0.388 e. The molecule has 0 spiro atoms. The number of imide groups is 1. The molecule has 0 aliphatic carbocycles. The van der Waals surface area contributed by atoms with Crippen LogP contribution in [-0.4, -0.2) is 55.8 Å². The Balaban J connectivity index is 2.16. The van der Waals surface area contributed by atoms with Crippen LogP contribution in [0.3, 0.4) is 0 Å². The average Bonchev–Trinajstić information content (AvgIpc) is 2.51.